The molecule has 122 valence electrons. The van der Waals surface area contributed by atoms with E-state index in [1.807, 2.05) is 0 Å². The summed E-state index contributed by atoms with van der Waals surface area (Å²) in [6, 6.07) is 8.32. The van der Waals surface area contributed by atoms with Crippen LogP contribution >= 0.6 is 0 Å². The molecular formula is C14H11F3N2O4. The molecule has 0 spiro atoms. The molecule has 0 amide bonds. The predicted molar refractivity (Wildman–Crippen MR) is 71.8 cm³/mol. The summed E-state index contributed by atoms with van der Waals surface area (Å²) < 4.78 is 42.9. The van der Waals surface area contributed by atoms with E-state index in [1.165, 1.54) is 0 Å². The molecule has 2 aromatic rings. The van der Waals surface area contributed by atoms with Gasteiger partial charge in [-0.15, -0.1) is 5.10 Å². The minimum atomic E-state index is -4.71. The molecule has 1 heterocycles. The molecule has 23 heavy (non-hydrogen) atoms. The number of ether oxygens (including phenoxy) is 1. The van der Waals surface area contributed by atoms with E-state index in [0.29, 0.717) is 11.9 Å². The van der Waals surface area contributed by atoms with Crippen molar-refractivity contribution in [2.45, 2.75) is 13.1 Å². The number of hydrogen-bond donors (Lipinski definition) is 0. The van der Waals surface area contributed by atoms with Crippen LogP contribution in [-0.4, -0.2) is 22.5 Å². The summed E-state index contributed by atoms with van der Waals surface area (Å²) >= 11 is 0. The van der Waals surface area contributed by atoms with Crippen molar-refractivity contribution in [1.82, 2.24) is 9.94 Å². The van der Waals surface area contributed by atoms with Crippen LogP contribution in [0.3, 0.4) is 0 Å². The monoisotopic (exact) mass is 328 g/mol. The zero-order chi connectivity index (χ0) is 17.0. The Morgan fingerprint density at radius 3 is 2.52 bits per heavy atom. The van der Waals surface area contributed by atoms with Crippen LogP contribution in [0.2, 0.25) is 0 Å². The number of alkyl halides is 3. The Balaban J connectivity index is 2.07. The smallest absolute Gasteiger partial charge is 0.418 e. The number of aromatic nitrogens is 2. The number of benzene rings is 1. The number of carbonyl (C=O) groups excluding carboxylic acids is 1. The minimum absolute atomic E-state index is 0.196. The summed E-state index contributed by atoms with van der Waals surface area (Å²) in [7, 11) is 0. The van der Waals surface area contributed by atoms with E-state index in [-0.39, 0.29) is 4.85 Å². The number of carbonyl (C=O) groups is 1. The number of halogens is 3. The fraction of sp³-hybridized carbons (Fsp3) is 0.214. The van der Waals surface area contributed by atoms with Crippen LogP contribution in [0.4, 0.5) is 13.2 Å². The lowest BCUT2D eigenvalue weighted by atomic mass is 10.2. The lowest BCUT2D eigenvalue weighted by Gasteiger charge is -2.11. The van der Waals surface area contributed by atoms with Gasteiger partial charge in [-0.1, -0.05) is 18.2 Å². The predicted octanol–water partition coefficient (Wildman–Crippen LogP) is 1.60. The van der Waals surface area contributed by atoms with E-state index in [9.17, 15) is 22.8 Å². The number of nitrogens with zero attached hydrogens (tertiary/aromatic N) is 2. The molecule has 0 saturated heterocycles. The van der Waals surface area contributed by atoms with Gasteiger partial charge in [0.05, 0.1) is 11.8 Å². The highest BCUT2D eigenvalue weighted by Gasteiger charge is 2.34. The molecule has 2 rings (SSSR count). The molecule has 6 nitrogen and oxygen atoms in total. The van der Waals surface area contributed by atoms with E-state index in [1.54, 1.807) is 30.3 Å². The van der Waals surface area contributed by atoms with Gasteiger partial charge in [0.2, 0.25) is 0 Å². The molecule has 0 radical (unpaired) electrons. The van der Waals surface area contributed by atoms with Crippen LogP contribution in [0.5, 0.6) is 5.75 Å². The van der Waals surface area contributed by atoms with Crippen LogP contribution in [-0.2, 0) is 11.0 Å². The number of para-hydroxylation sites is 1. The van der Waals surface area contributed by atoms with Crippen LogP contribution in [0.25, 0.3) is 0 Å². The van der Waals surface area contributed by atoms with Gasteiger partial charge in [-0.05, 0) is 23.9 Å². The van der Waals surface area contributed by atoms with Crippen LogP contribution < -0.4 is 15.1 Å². The minimum Gasteiger partial charge on any atom is -0.482 e. The standard InChI is InChI=1S/C14H11F3N2O4/c1-9-11(14(15,16)17)7-18-19(13(9)21)23-12(20)8-22-10-5-3-2-4-6-10/h2-7H,8H2,1H3. The van der Waals surface area contributed by atoms with Crippen LogP contribution in [0, 0.1) is 6.92 Å². The third-order valence-electron chi connectivity index (χ3n) is 2.78. The Labute approximate surface area is 128 Å². The van der Waals surface area contributed by atoms with Gasteiger partial charge in [0, 0.05) is 5.56 Å². The molecular weight excluding hydrogens is 317 g/mol. The zero-order valence-corrected chi connectivity index (χ0v) is 11.8. The number of hydrogen-bond acceptors (Lipinski definition) is 5. The third-order valence-corrected chi connectivity index (χ3v) is 2.78. The van der Waals surface area contributed by atoms with E-state index < -0.39 is 35.4 Å². The lowest BCUT2D eigenvalue weighted by molar-refractivity contribution is -0.149. The van der Waals surface area contributed by atoms with Gasteiger partial charge < -0.3 is 9.57 Å². The molecule has 0 aliphatic heterocycles. The van der Waals surface area contributed by atoms with E-state index in [0.717, 1.165) is 6.92 Å². The van der Waals surface area contributed by atoms with E-state index in [4.69, 9.17) is 4.74 Å². The first-order chi connectivity index (χ1) is 10.8. The van der Waals surface area contributed by atoms with Crippen molar-refractivity contribution in [2.75, 3.05) is 6.61 Å². The maximum atomic E-state index is 12.6. The molecule has 1 aromatic heterocycles. The fourth-order valence-electron chi connectivity index (χ4n) is 1.65. The summed E-state index contributed by atoms with van der Waals surface area (Å²) in [5.74, 6) is -0.587. The fourth-order valence-corrected chi connectivity index (χ4v) is 1.65. The van der Waals surface area contributed by atoms with Crippen molar-refractivity contribution in [2.24, 2.45) is 0 Å². The molecule has 0 saturated carbocycles. The van der Waals surface area contributed by atoms with Gasteiger partial charge in [0.15, 0.2) is 6.61 Å². The summed E-state index contributed by atoms with van der Waals surface area (Å²) in [6.07, 6.45) is -4.29. The largest absolute Gasteiger partial charge is 0.482 e. The first-order valence-corrected chi connectivity index (χ1v) is 6.34. The van der Waals surface area contributed by atoms with Crippen molar-refractivity contribution in [3.8, 4) is 5.75 Å². The van der Waals surface area contributed by atoms with Gasteiger partial charge in [-0.25, -0.2) is 4.79 Å². The van der Waals surface area contributed by atoms with Gasteiger partial charge in [0.1, 0.15) is 5.75 Å². The highest BCUT2D eigenvalue weighted by Crippen LogP contribution is 2.29. The Hall–Kier alpha value is -2.84. The Morgan fingerprint density at radius 1 is 1.26 bits per heavy atom. The molecule has 0 unspecified atom stereocenters. The summed E-state index contributed by atoms with van der Waals surface area (Å²) in [4.78, 5) is 28.1. The maximum absolute atomic E-state index is 12.6. The Bertz CT molecular complexity index is 757. The molecule has 0 N–H and O–H groups in total. The Morgan fingerprint density at radius 2 is 1.91 bits per heavy atom. The van der Waals surface area contributed by atoms with Crippen molar-refractivity contribution < 1.29 is 27.5 Å². The van der Waals surface area contributed by atoms with Crippen LogP contribution in [0.15, 0.2) is 41.3 Å². The van der Waals surface area contributed by atoms with E-state index >= 15 is 0 Å². The van der Waals surface area contributed by atoms with Crippen molar-refractivity contribution in [3.63, 3.8) is 0 Å². The van der Waals surface area contributed by atoms with Crippen molar-refractivity contribution in [3.05, 3.63) is 58.0 Å². The first-order valence-electron chi connectivity index (χ1n) is 6.34. The third kappa shape index (κ3) is 4.09. The SMILES string of the molecule is Cc1c(C(F)(F)F)cnn(OC(=O)COc2ccccc2)c1=O. The quantitative estimate of drug-likeness (QED) is 0.853. The number of rotatable bonds is 4. The molecule has 1 aromatic carbocycles. The molecule has 0 atom stereocenters. The van der Waals surface area contributed by atoms with E-state index in [2.05, 4.69) is 9.94 Å². The summed E-state index contributed by atoms with van der Waals surface area (Å²) in [5.41, 5.74) is -2.98. The first kappa shape index (κ1) is 16.5. The maximum Gasteiger partial charge on any atom is 0.418 e. The second kappa shape index (κ2) is 6.51. The summed E-state index contributed by atoms with van der Waals surface area (Å²) in [6.45, 7) is 0.440. The van der Waals surface area contributed by atoms with Crippen molar-refractivity contribution >= 4 is 5.97 Å². The highest BCUT2D eigenvalue weighted by atomic mass is 19.4. The Kier molecular flexibility index (Phi) is 4.68. The molecule has 0 fully saturated rings. The van der Waals surface area contributed by atoms with Crippen LogP contribution in [0.1, 0.15) is 11.1 Å². The van der Waals surface area contributed by atoms with Gasteiger partial charge in [-0.2, -0.15) is 13.2 Å². The average molecular weight is 328 g/mol. The summed E-state index contributed by atoms with van der Waals surface area (Å²) in [5, 5.41) is 3.19. The van der Waals surface area contributed by atoms with Gasteiger partial charge in [-0.3, -0.25) is 4.79 Å². The topological polar surface area (TPSA) is 70.4 Å². The lowest BCUT2D eigenvalue weighted by Crippen LogP contribution is -2.37. The van der Waals surface area contributed by atoms with Crippen molar-refractivity contribution in [1.29, 1.82) is 0 Å². The second-order valence-corrected chi connectivity index (χ2v) is 4.42. The zero-order valence-electron chi connectivity index (χ0n) is 11.8. The molecule has 0 bridgehead atoms. The molecule has 0 aliphatic carbocycles. The normalized spacial score (nSPS) is 11.1. The second-order valence-electron chi connectivity index (χ2n) is 4.42. The molecule has 0 aliphatic rings. The van der Waals surface area contributed by atoms with Gasteiger partial charge >= 0.3 is 17.7 Å². The average Bonchev–Trinajstić information content (AvgIpc) is 2.50. The highest BCUT2D eigenvalue weighted by molar-refractivity contribution is 5.71. The molecule has 9 heteroatoms. The van der Waals surface area contributed by atoms with Gasteiger partial charge in [0.25, 0.3) is 0 Å².